The fraction of sp³-hybridized carbons (Fsp3) is 0.417. The number of aryl methyl sites for hydroxylation is 2. The number of amides is 1. The van der Waals surface area contributed by atoms with Gasteiger partial charge in [-0.1, -0.05) is 25.3 Å². The summed E-state index contributed by atoms with van der Waals surface area (Å²) in [7, 11) is 1.90. The Hall–Kier alpha value is -3.02. The van der Waals surface area contributed by atoms with E-state index in [2.05, 4.69) is 33.4 Å². The number of carbonyl (C=O) groups is 1. The van der Waals surface area contributed by atoms with Gasteiger partial charge in [0.15, 0.2) is 0 Å². The molecule has 156 valence electrons. The van der Waals surface area contributed by atoms with Gasteiger partial charge < -0.3 is 5.32 Å². The predicted molar refractivity (Wildman–Crippen MR) is 117 cm³/mol. The molecule has 0 atom stereocenters. The van der Waals surface area contributed by atoms with Crippen molar-refractivity contribution in [2.75, 3.05) is 0 Å². The Balaban J connectivity index is 1.51. The third kappa shape index (κ3) is 4.58. The van der Waals surface area contributed by atoms with Crippen LogP contribution in [0, 0.1) is 13.8 Å². The van der Waals surface area contributed by atoms with Gasteiger partial charge in [-0.15, -0.1) is 0 Å². The lowest BCUT2D eigenvalue weighted by Gasteiger charge is -2.23. The van der Waals surface area contributed by atoms with Gasteiger partial charge in [0, 0.05) is 36.7 Å². The number of hydrogen-bond donors (Lipinski definition) is 1. The van der Waals surface area contributed by atoms with E-state index in [1.807, 2.05) is 44.7 Å². The molecule has 0 unspecified atom stereocenters. The minimum absolute atomic E-state index is 0.0590. The zero-order chi connectivity index (χ0) is 21.1. The molecule has 1 aliphatic rings. The lowest BCUT2D eigenvalue weighted by Crippen LogP contribution is -2.36. The normalized spacial score (nSPS) is 14.6. The second kappa shape index (κ2) is 8.78. The van der Waals surface area contributed by atoms with Crippen LogP contribution in [0.3, 0.4) is 0 Å². The van der Waals surface area contributed by atoms with Gasteiger partial charge >= 0.3 is 0 Å². The van der Waals surface area contributed by atoms with E-state index in [9.17, 15) is 4.79 Å². The van der Waals surface area contributed by atoms with Gasteiger partial charge in [0.1, 0.15) is 5.69 Å². The zero-order valence-corrected chi connectivity index (χ0v) is 18.0. The minimum atomic E-state index is -0.0590. The highest BCUT2D eigenvalue weighted by molar-refractivity contribution is 5.92. The van der Waals surface area contributed by atoms with Crippen molar-refractivity contribution in [2.24, 2.45) is 7.05 Å². The summed E-state index contributed by atoms with van der Waals surface area (Å²) >= 11 is 0. The summed E-state index contributed by atoms with van der Waals surface area (Å²) in [5.41, 5.74) is 6.67. The van der Waals surface area contributed by atoms with Crippen molar-refractivity contribution in [3.05, 3.63) is 64.9 Å². The number of carbonyl (C=O) groups excluding carboxylic acids is 1. The van der Waals surface area contributed by atoms with Gasteiger partial charge in [0.2, 0.25) is 0 Å². The first kappa shape index (κ1) is 20.3. The van der Waals surface area contributed by atoms with Crippen LogP contribution in [0.1, 0.15) is 65.0 Å². The summed E-state index contributed by atoms with van der Waals surface area (Å²) < 4.78 is 1.77. The average Bonchev–Trinajstić information content (AvgIpc) is 3.19. The molecule has 3 aromatic heterocycles. The van der Waals surface area contributed by atoms with Gasteiger partial charge in [-0.2, -0.15) is 5.10 Å². The molecule has 1 amide bonds. The van der Waals surface area contributed by atoms with E-state index in [-0.39, 0.29) is 11.9 Å². The number of nitrogens with one attached hydrogen (secondary N) is 1. The number of nitrogens with zero attached hydrogens (tertiary/aromatic N) is 4. The second-order valence-electron chi connectivity index (χ2n) is 8.32. The standard InChI is InChI=1S/C24H29N5O/c1-16-17(2)27-23(24(30)28-21-7-5-4-6-8-21)12-19(16)11-18-9-10-22(25-13-18)20-14-26-29(3)15-20/h9-10,12-15,21H,4-8,11H2,1-3H3,(H,28,30). The molecule has 6 heteroatoms. The van der Waals surface area contributed by atoms with Crippen LogP contribution in [-0.4, -0.2) is 31.7 Å². The minimum Gasteiger partial charge on any atom is -0.348 e. The molecule has 0 bridgehead atoms. The lowest BCUT2D eigenvalue weighted by atomic mass is 9.95. The summed E-state index contributed by atoms with van der Waals surface area (Å²) in [6.07, 6.45) is 12.2. The van der Waals surface area contributed by atoms with E-state index in [4.69, 9.17) is 0 Å². The van der Waals surface area contributed by atoms with E-state index < -0.39 is 0 Å². The molecular formula is C24H29N5O. The van der Waals surface area contributed by atoms with Crippen molar-refractivity contribution in [3.8, 4) is 11.3 Å². The number of pyridine rings is 2. The van der Waals surface area contributed by atoms with Crippen molar-refractivity contribution in [1.29, 1.82) is 0 Å². The highest BCUT2D eigenvalue weighted by Crippen LogP contribution is 2.21. The first-order chi connectivity index (χ1) is 14.5. The Labute approximate surface area is 177 Å². The topological polar surface area (TPSA) is 72.7 Å². The Morgan fingerprint density at radius 3 is 2.63 bits per heavy atom. The van der Waals surface area contributed by atoms with Crippen LogP contribution in [0.25, 0.3) is 11.3 Å². The molecule has 1 N–H and O–H groups in total. The molecule has 1 saturated carbocycles. The maximum absolute atomic E-state index is 12.8. The Bertz CT molecular complexity index is 1030. The zero-order valence-electron chi connectivity index (χ0n) is 18.0. The first-order valence-corrected chi connectivity index (χ1v) is 10.7. The molecule has 1 fully saturated rings. The van der Waals surface area contributed by atoms with Crippen LogP contribution in [0.4, 0.5) is 0 Å². The van der Waals surface area contributed by atoms with Crippen LogP contribution in [-0.2, 0) is 13.5 Å². The Morgan fingerprint density at radius 2 is 1.97 bits per heavy atom. The van der Waals surface area contributed by atoms with Crippen molar-refractivity contribution in [2.45, 2.75) is 58.4 Å². The summed E-state index contributed by atoms with van der Waals surface area (Å²) in [5.74, 6) is -0.0590. The largest absolute Gasteiger partial charge is 0.348 e. The third-order valence-electron chi connectivity index (χ3n) is 6.02. The van der Waals surface area contributed by atoms with Crippen LogP contribution in [0.2, 0.25) is 0 Å². The molecule has 30 heavy (non-hydrogen) atoms. The van der Waals surface area contributed by atoms with Gasteiger partial charge in [-0.3, -0.25) is 14.5 Å². The molecule has 0 saturated heterocycles. The number of hydrogen-bond acceptors (Lipinski definition) is 4. The molecule has 0 aliphatic heterocycles. The van der Waals surface area contributed by atoms with E-state index in [0.29, 0.717) is 5.69 Å². The first-order valence-electron chi connectivity index (χ1n) is 10.7. The quantitative estimate of drug-likeness (QED) is 0.695. The van der Waals surface area contributed by atoms with E-state index in [1.54, 1.807) is 4.68 Å². The van der Waals surface area contributed by atoms with Crippen molar-refractivity contribution < 1.29 is 4.79 Å². The van der Waals surface area contributed by atoms with Gasteiger partial charge in [0.25, 0.3) is 5.91 Å². The van der Waals surface area contributed by atoms with Crippen molar-refractivity contribution in [1.82, 2.24) is 25.1 Å². The highest BCUT2D eigenvalue weighted by atomic mass is 16.1. The molecule has 1 aliphatic carbocycles. The second-order valence-corrected chi connectivity index (χ2v) is 8.32. The smallest absolute Gasteiger partial charge is 0.270 e. The van der Waals surface area contributed by atoms with Crippen LogP contribution < -0.4 is 5.32 Å². The highest BCUT2D eigenvalue weighted by Gasteiger charge is 2.19. The fourth-order valence-electron chi connectivity index (χ4n) is 4.08. The van der Waals surface area contributed by atoms with E-state index >= 15 is 0 Å². The van der Waals surface area contributed by atoms with Crippen LogP contribution in [0.15, 0.2) is 36.8 Å². The maximum Gasteiger partial charge on any atom is 0.270 e. The van der Waals surface area contributed by atoms with Gasteiger partial charge in [-0.05, 0) is 61.9 Å². The molecule has 0 spiro atoms. The van der Waals surface area contributed by atoms with Crippen LogP contribution >= 0.6 is 0 Å². The Kier molecular flexibility index (Phi) is 5.93. The van der Waals surface area contributed by atoms with Crippen LogP contribution in [0.5, 0.6) is 0 Å². The summed E-state index contributed by atoms with van der Waals surface area (Å²) in [6, 6.07) is 6.33. The van der Waals surface area contributed by atoms with E-state index in [0.717, 1.165) is 52.9 Å². The summed E-state index contributed by atoms with van der Waals surface area (Å²) in [4.78, 5) is 21.9. The average molecular weight is 404 g/mol. The fourth-order valence-corrected chi connectivity index (χ4v) is 4.08. The molecule has 3 aromatic rings. The lowest BCUT2D eigenvalue weighted by molar-refractivity contribution is 0.0922. The SMILES string of the molecule is Cc1nc(C(=O)NC2CCCCC2)cc(Cc2ccc(-c3cnn(C)c3)nc2)c1C. The number of aromatic nitrogens is 4. The summed E-state index contributed by atoms with van der Waals surface area (Å²) in [5, 5.41) is 7.38. The van der Waals surface area contributed by atoms with Crippen molar-refractivity contribution in [3.63, 3.8) is 0 Å². The Morgan fingerprint density at radius 1 is 1.17 bits per heavy atom. The maximum atomic E-state index is 12.8. The summed E-state index contributed by atoms with van der Waals surface area (Å²) in [6.45, 7) is 4.04. The van der Waals surface area contributed by atoms with Gasteiger partial charge in [0.05, 0.1) is 11.9 Å². The van der Waals surface area contributed by atoms with Gasteiger partial charge in [-0.25, -0.2) is 4.98 Å². The number of rotatable bonds is 5. The van der Waals surface area contributed by atoms with Crippen molar-refractivity contribution >= 4 is 5.91 Å². The molecule has 6 nitrogen and oxygen atoms in total. The van der Waals surface area contributed by atoms with E-state index in [1.165, 1.54) is 19.3 Å². The molecular weight excluding hydrogens is 374 g/mol. The molecule has 3 heterocycles. The predicted octanol–water partition coefficient (Wildman–Crippen LogP) is 4.15. The molecule has 0 aromatic carbocycles. The third-order valence-corrected chi connectivity index (χ3v) is 6.02. The monoisotopic (exact) mass is 403 g/mol. The molecule has 0 radical (unpaired) electrons. The molecule has 4 rings (SSSR count).